The van der Waals surface area contributed by atoms with Crippen molar-refractivity contribution >= 4 is 39.1 Å². The van der Waals surface area contributed by atoms with E-state index in [2.05, 4.69) is 15.9 Å². The van der Waals surface area contributed by atoms with Gasteiger partial charge in [0.2, 0.25) is 11.8 Å². The predicted octanol–water partition coefficient (Wildman–Crippen LogP) is 2.62. The third-order valence-electron chi connectivity index (χ3n) is 4.13. The molecule has 0 radical (unpaired) electrons. The standard InChI is InChI=1S/C14H17BrN2O2S/c1-9-13(18)16-7-3-2-4-11(16)14(19)17(9)8-10-5-6-12(15)20-10/h5-6,9,11H,2-4,7-8H2,1H3. The second-order valence-corrected chi connectivity index (χ2v) is 7.94. The predicted molar refractivity (Wildman–Crippen MR) is 81.4 cm³/mol. The second kappa shape index (κ2) is 5.48. The lowest BCUT2D eigenvalue weighted by molar-refractivity contribution is -0.163. The molecule has 2 aliphatic rings. The van der Waals surface area contributed by atoms with Gasteiger partial charge in [-0.2, -0.15) is 0 Å². The molecule has 0 aromatic carbocycles. The number of rotatable bonds is 2. The topological polar surface area (TPSA) is 40.6 Å². The number of fused-ring (bicyclic) bond motifs is 1. The van der Waals surface area contributed by atoms with Crippen LogP contribution in [0.4, 0.5) is 0 Å². The van der Waals surface area contributed by atoms with Crippen LogP contribution < -0.4 is 0 Å². The molecule has 0 bridgehead atoms. The van der Waals surface area contributed by atoms with E-state index in [9.17, 15) is 9.59 Å². The van der Waals surface area contributed by atoms with Crippen molar-refractivity contribution in [2.75, 3.05) is 6.54 Å². The normalized spacial score (nSPS) is 26.9. The van der Waals surface area contributed by atoms with E-state index in [-0.39, 0.29) is 23.9 Å². The van der Waals surface area contributed by atoms with Gasteiger partial charge in [0.25, 0.3) is 0 Å². The molecule has 4 nitrogen and oxygen atoms in total. The number of nitrogens with zero attached hydrogens (tertiary/aromatic N) is 2. The van der Waals surface area contributed by atoms with E-state index >= 15 is 0 Å². The van der Waals surface area contributed by atoms with Crippen molar-refractivity contribution in [2.24, 2.45) is 0 Å². The number of halogens is 1. The van der Waals surface area contributed by atoms with Crippen molar-refractivity contribution in [1.82, 2.24) is 9.80 Å². The van der Waals surface area contributed by atoms with E-state index in [1.165, 1.54) is 0 Å². The van der Waals surface area contributed by atoms with Crippen LogP contribution in [-0.2, 0) is 16.1 Å². The molecule has 0 aliphatic carbocycles. The van der Waals surface area contributed by atoms with Crippen LogP contribution in [0.25, 0.3) is 0 Å². The lowest BCUT2D eigenvalue weighted by Crippen LogP contribution is -2.64. The van der Waals surface area contributed by atoms with Gasteiger partial charge in [-0.15, -0.1) is 11.3 Å². The molecule has 0 spiro atoms. The molecule has 0 saturated carbocycles. The minimum atomic E-state index is -0.349. The third kappa shape index (κ3) is 2.39. The van der Waals surface area contributed by atoms with Gasteiger partial charge < -0.3 is 9.80 Å². The van der Waals surface area contributed by atoms with Crippen molar-refractivity contribution in [2.45, 2.75) is 44.8 Å². The zero-order valence-corrected chi connectivity index (χ0v) is 13.7. The molecule has 0 N–H and O–H groups in total. The zero-order chi connectivity index (χ0) is 14.3. The molecule has 2 aliphatic heterocycles. The van der Waals surface area contributed by atoms with E-state index in [1.54, 1.807) is 21.1 Å². The van der Waals surface area contributed by atoms with Gasteiger partial charge >= 0.3 is 0 Å². The summed E-state index contributed by atoms with van der Waals surface area (Å²) in [6.45, 7) is 3.11. The highest BCUT2D eigenvalue weighted by Gasteiger charge is 2.44. The maximum atomic E-state index is 12.7. The molecule has 2 atom stereocenters. The van der Waals surface area contributed by atoms with Gasteiger partial charge in [-0.05, 0) is 54.2 Å². The Bertz CT molecular complexity index is 545. The minimum Gasteiger partial charge on any atom is -0.329 e. The van der Waals surface area contributed by atoms with E-state index in [4.69, 9.17) is 0 Å². The van der Waals surface area contributed by atoms with Crippen molar-refractivity contribution in [3.8, 4) is 0 Å². The highest BCUT2D eigenvalue weighted by Crippen LogP contribution is 2.29. The van der Waals surface area contributed by atoms with Crippen LogP contribution in [0.5, 0.6) is 0 Å². The van der Waals surface area contributed by atoms with Gasteiger partial charge in [-0.3, -0.25) is 9.59 Å². The van der Waals surface area contributed by atoms with Crippen LogP contribution in [0.2, 0.25) is 0 Å². The molecule has 3 rings (SSSR count). The quantitative estimate of drug-likeness (QED) is 0.817. The maximum Gasteiger partial charge on any atom is 0.246 e. The van der Waals surface area contributed by atoms with Crippen molar-refractivity contribution in [3.63, 3.8) is 0 Å². The van der Waals surface area contributed by atoms with Gasteiger partial charge in [0, 0.05) is 11.4 Å². The van der Waals surface area contributed by atoms with Crippen LogP contribution in [-0.4, -0.2) is 40.2 Å². The number of hydrogen-bond acceptors (Lipinski definition) is 3. The van der Waals surface area contributed by atoms with E-state index in [1.807, 2.05) is 19.1 Å². The van der Waals surface area contributed by atoms with Gasteiger partial charge in [-0.1, -0.05) is 0 Å². The molecule has 20 heavy (non-hydrogen) atoms. The van der Waals surface area contributed by atoms with Crippen LogP contribution in [0.3, 0.4) is 0 Å². The van der Waals surface area contributed by atoms with Crippen molar-refractivity contribution in [1.29, 1.82) is 0 Å². The Morgan fingerprint density at radius 1 is 1.30 bits per heavy atom. The van der Waals surface area contributed by atoms with Crippen LogP contribution in [0.1, 0.15) is 31.1 Å². The average molecular weight is 357 g/mol. The molecule has 2 saturated heterocycles. The van der Waals surface area contributed by atoms with Crippen molar-refractivity contribution < 1.29 is 9.59 Å². The highest BCUT2D eigenvalue weighted by atomic mass is 79.9. The minimum absolute atomic E-state index is 0.102. The molecular formula is C14H17BrN2O2S. The van der Waals surface area contributed by atoms with Crippen LogP contribution >= 0.6 is 27.3 Å². The fourth-order valence-electron chi connectivity index (χ4n) is 3.03. The zero-order valence-electron chi connectivity index (χ0n) is 11.3. The van der Waals surface area contributed by atoms with E-state index in [0.29, 0.717) is 6.54 Å². The first kappa shape index (κ1) is 14.1. The molecule has 6 heteroatoms. The molecule has 108 valence electrons. The van der Waals surface area contributed by atoms with Crippen molar-refractivity contribution in [3.05, 3.63) is 20.8 Å². The Hall–Kier alpha value is -0.880. The van der Waals surface area contributed by atoms with Crippen LogP contribution in [0.15, 0.2) is 15.9 Å². The summed E-state index contributed by atoms with van der Waals surface area (Å²) in [7, 11) is 0. The molecule has 2 fully saturated rings. The number of carbonyl (C=O) groups is 2. The first-order chi connectivity index (χ1) is 9.58. The molecule has 3 heterocycles. The summed E-state index contributed by atoms with van der Waals surface area (Å²) < 4.78 is 1.05. The Kier molecular flexibility index (Phi) is 3.86. The molecule has 1 aromatic rings. The number of piperazine rings is 1. The first-order valence-corrected chi connectivity index (χ1v) is 8.54. The van der Waals surface area contributed by atoms with Gasteiger partial charge in [0.1, 0.15) is 12.1 Å². The Morgan fingerprint density at radius 2 is 2.10 bits per heavy atom. The summed E-state index contributed by atoms with van der Waals surface area (Å²) >= 11 is 5.05. The van der Waals surface area contributed by atoms with Crippen LogP contribution in [0, 0.1) is 0 Å². The summed E-state index contributed by atoms with van der Waals surface area (Å²) in [5, 5.41) is 0. The third-order valence-corrected chi connectivity index (χ3v) is 5.74. The summed E-state index contributed by atoms with van der Waals surface area (Å²) in [6, 6.07) is 3.41. The monoisotopic (exact) mass is 356 g/mol. The molecule has 2 amide bonds. The fraction of sp³-hybridized carbons (Fsp3) is 0.571. The number of amides is 2. The van der Waals surface area contributed by atoms with Gasteiger partial charge in [-0.25, -0.2) is 0 Å². The van der Waals surface area contributed by atoms with E-state index < -0.39 is 0 Å². The summed E-state index contributed by atoms with van der Waals surface area (Å²) in [5.74, 6) is 0.214. The Balaban J connectivity index is 1.83. The lowest BCUT2D eigenvalue weighted by Gasteiger charge is -2.45. The number of thiophene rings is 1. The first-order valence-electron chi connectivity index (χ1n) is 6.93. The number of carbonyl (C=O) groups excluding carboxylic acids is 2. The molecule has 2 unspecified atom stereocenters. The number of hydrogen-bond donors (Lipinski definition) is 0. The average Bonchev–Trinajstić information content (AvgIpc) is 2.86. The SMILES string of the molecule is CC1C(=O)N2CCCCC2C(=O)N1Cc1ccc(Br)s1. The molecular weight excluding hydrogens is 340 g/mol. The summed E-state index contributed by atoms with van der Waals surface area (Å²) in [5.41, 5.74) is 0. The molecule has 1 aromatic heterocycles. The second-order valence-electron chi connectivity index (χ2n) is 5.39. The van der Waals surface area contributed by atoms with E-state index in [0.717, 1.165) is 34.5 Å². The summed E-state index contributed by atoms with van der Waals surface area (Å²) in [4.78, 5) is 29.7. The largest absolute Gasteiger partial charge is 0.329 e. The summed E-state index contributed by atoms with van der Waals surface area (Å²) in [6.07, 6.45) is 2.86. The number of piperidine rings is 1. The lowest BCUT2D eigenvalue weighted by atomic mass is 9.96. The Morgan fingerprint density at radius 3 is 2.80 bits per heavy atom. The maximum absolute atomic E-state index is 12.7. The fourth-order valence-corrected chi connectivity index (χ4v) is 4.51. The highest BCUT2D eigenvalue weighted by molar-refractivity contribution is 9.11. The van der Waals surface area contributed by atoms with Gasteiger partial charge in [0.05, 0.1) is 10.3 Å². The smallest absolute Gasteiger partial charge is 0.246 e. The van der Waals surface area contributed by atoms with Gasteiger partial charge in [0.15, 0.2) is 0 Å². The Labute approximate surface area is 130 Å².